The van der Waals surface area contributed by atoms with Crippen LogP contribution in [0, 0.1) is 4.78 Å². The summed E-state index contributed by atoms with van der Waals surface area (Å²) in [5, 5.41) is 7.39. The predicted octanol–water partition coefficient (Wildman–Crippen LogP) is 7.12. The highest BCUT2D eigenvalue weighted by Crippen LogP contribution is 2.51. The smallest absolute Gasteiger partial charge is 0.374 e. The largest absolute Gasteiger partial charge is 0.435 e. The van der Waals surface area contributed by atoms with Crippen molar-refractivity contribution in [1.29, 1.82) is 4.78 Å². The fourth-order valence-electron chi connectivity index (χ4n) is 4.00. The minimum absolute atomic E-state index is 0.0573. The number of alkyl halides is 3. The SMILES string of the molecule is C[S@](=N)CCNC(=O)c1ccc(C2=NOC(c3cc(Cl)c(Cl)c(Cl)c3)(C(F)(F)F)C2)c2ccccc12. The maximum Gasteiger partial charge on any atom is 0.435 e. The van der Waals surface area contributed by atoms with Crippen LogP contribution in [0.3, 0.4) is 0 Å². The molecule has 12 heteroatoms. The van der Waals surface area contributed by atoms with Gasteiger partial charge in [-0.05, 0) is 35.2 Å². The van der Waals surface area contributed by atoms with Gasteiger partial charge in [-0.3, -0.25) is 9.57 Å². The molecule has 0 spiro atoms. The van der Waals surface area contributed by atoms with Crippen molar-refractivity contribution in [2.75, 3.05) is 18.6 Å². The number of benzene rings is 3. The molecule has 0 radical (unpaired) electrons. The van der Waals surface area contributed by atoms with Crippen molar-refractivity contribution < 1.29 is 22.8 Å². The van der Waals surface area contributed by atoms with E-state index in [1.165, 1.54) is 0 Å². The van der Waals surface area contributed by atoms with Crippen LogP contribution in [-0.4, -0.2) is 36.3 Å². The van der Waals surface area contributed by atoms with Crippen LogP contribution in [0.15, 0.2) is 53.7 Å². The molecule has 0 saturated heterocycles. The number of rotatable bonds is 6. The number of fused-ring (bicyclic) bond motifs is 1. The van der Waals surface area contributed by atoms with Crippen LogP contribution < -0.4 is 5.32 Å². The van der Waals surface area contributed by atoms with Crippen LogP contribution in [0.4, 0.5) is 13.2 Å². The summed E-state index contributed by atoms with van der Waals surface area (Å²) in [5.74, 6) is 0.191. The van der Waals surface area contributed by atoms with Crippen molar-refractivity contribution in [2.24, 2.45) is 5.16 Å². The van der Waals surface area contributed by atoms with Crippen LogP contribution in [0.25, 0.3) is 10.8 Å². The van der Waals surface area contributed by atoms with Crippen molar-refractivity contribution in [3.05, 3.63) is 80.3 Å². The summed E-state index contributed by atoms with van der Waals surface area (Å²) in [6.07, 6.45) is -3.74. The maximum atomic E-state index is 14.4. The van der Waals surface area contributed by atoms with E-state index in [0.29, 0.717) is 34.2 Å². The molecule has 3 aromatic carbocycles. The van der Waals surface area contributed by atoms with Gasteiger partial charge in [0.25, 0.3) is 11.5 Å². The molecular formula is C24H19Cl3F3N3O2S. The van der Waals surface area contributed by atoms with E-state index >= 15 is 0 Å². The van der Waals surface area contributed by atoms with Gasteiger partial charge in [-0.1, -0.05) is 70.3 Å². The average Bonchev–Trinajstić information content (AvgIpc) is 3.28. The number of amides is 1. The van der Waals surface area contributed by atoms with Crippen LogP contribution in [0.5, 0.6) is 0 Å². The third-order valence-corrected chi connectivity index (χ3v) is 7.82. The molecule has 2 N–H and O–H groups in total. The standard InChI is InChI=1S/C24H19Cl3F3N3O2S/c1-36(31)9-8-32-22(34)17-7-6-16(14-4-2-3-5-15(14)17)20-12-23(35-33-20,24(28,29)30)13-10-18(25)21(27)19(26)11-13/h2-7,10-11,31H,8-9,12H2,1H3,(H,32,34)/t23?,36-/m0/s1. The molecule has 36 heavy (non-hydrogen) atoms. The summed E-state index contributed by atoms with van der Waals surface area (Å²) < 4.78 is 50.9. The average molecular weight is 577 g/mol. The first-order valence-corrected chi connectivity index (χ1v) is 13.5. The van der Waals surface area contributed by atoms with Crippen LogP contribution in [0.1, 0.15) is 27.9 Å². The molecule has 5 nitrogen and oxygen atoms in total. The zero-order valence-corrected chi connectivity index (χ0v) is 21.8. The van der Waals surface area contributed by atoms with Gasteiger partial charge in [-0.25, -0.2) is 0 Å². The molecular weight excluding hydrogens is 558 g/mol. The van der Waals surface area contributed by atoms with Gasteiger partial charge in [0.15, 0.2) is 0 Å². The maximum absolute atomic E-state index is 14.4. The predicted molar refractivity (Wildman–Crippen MR) is 139 cm³/mol. The van der Waals surface area contributed by atoms with Crippen LogP contribution in [-0.2, 0) is 21.1 Å². The van der Waals surface area contributed by atoms with Crippen molar-refractivity contribution in [3.8, 4) is 0 Å². The molecule has 0 aliphatic carbocycles. The summed E-state index contributed by atoms with van der Waals surface area (Å²) in [7, 11) is -0.566. The molecule has 3 aromatic rings. The Morgan fingerprint density at radius 2 is 1.78 bits per heavy atom. The Bertz CT molecular complexity index is 1390. The molecule has 2 atom stereocenters. The molecule has 4 rings (SSSR count). The number of nitrogens with one attached hydrogen (secondary N) is 2. The Balaban J connectivity index is 1.73. The second-order valence-corrected chi connectivity index (χ2v) is 11.1. The number of hydrogen-bond donors (Lipinski definition) is 2. The normalized spacial score (nSPS) is 18.6. The lowest BCUT2D eigenvalue weighted by molar-refractivity contribution is -0.275. The topological polar surface area (TPSA) is 74.5 Å². The Morgan fingerprint density at radius 3 is 2.39 bits per heavy atom. The minimum atomic E-state index is -4.86. The summed E-state index contributed by atoms with van der Waals surface area (Å²) in [5.41, 5.74) is -2.31. The number of carbonyl (C=O) groups excluding carboxylic acids is 1. The minimum Gasteiger partial charge on any atom is -0.374 e. The molecule has 1 unspecified atom stereocenters. The number of halogens is 6. The Hall–Kier alpha value is -2.33. The zero-order valence-electron chi connectivity index (χ0n) is 18.7. The monoisotopic (exact) mass is 575 g/mol. The molecule has 1 aliphatic heterocycles. The summed E-state index contributed by atoms with van der Waals surface area (Å²) >= 11 is 18.0. The number of carbonyl (C=O) groups is 1. The Morgan fingerprint density at radius 1 is 1.14 bits per heavy atom. The van der Waals surface area contributed by atoms with Gasteiger partial charge >= 0.3 is 6.18 Å². The van der Waals surface area contributed by atoms with Gasteiger partial charge in [0.05, 0.1) is 20.8 Å². The lowest BCUT2D eigenvalue weighted by Gasteiger charge is -2.30. The summed E-state index contributed by atoms with van der Waals surface area (Å²) in [6, 6.07) is 12.1. The number of nitrogens with zero attached hydrogens (tertiary/aromatic N) is 1. The molecule has 0 fully saturated rings. The lowest BCUT2D eigenvalue weighted by atomic mass is 9.85. The van der Waals surface area contributed by atoms with Crippen LogP contribution in [0.2, 0.25) is 15.1 Å². The fraction of sp³-hybridized carbons (Fsp3) is 0.250. The van der Waals surface area contributed by atoms with Gasteiger partial charge in [-0.15, -0.1) is 10.7 Å². The van der Waals surface area contributed by atoms with E-state index in [1.54, 1.807) is 42.7 Å². The summed E-state index contributed by atoms with van der Waals surface area (Å²) in [6.45, 7) is 0.346. The van der Waals surface area contributed by atoms with Crippen molar-refractivity contribution in [2.45, 2.75) is 18.2 Å². The quantitative estimate of drug-likeness (QED) is 0.307. The Kier molecular flexibility index (Phi) is 7.57. The fourth-order valence-corrected chi connectivity index (χ4v) is 5.00. The van der Waals surface area contributed by atoms with Gasteiger partial charge < -0.3 is 10.2 Å². The van der Waals surface area contributed by atoms with E-state index in [9.17, 15) is 18.0 Å². The lowest BCUT2D eigenvalue weighted by Crippen LogP contribution is -2.42. The molecule has 190 valence electrons. The third kappa shape index (κ3) is 4.94. The first-order valence-electron chi connectivity index (χ1n) is 10.6. The van der Waals surface area contributed by atoms with Gasteiger partial charge in [0, 0.05) is 35.4 Å². The molecule has 1 aliphatic rings. The molecule has 0 aromatic heterocycles. The van der Waals surface area contributed by atoms with Gasteiger partial charge in [-0.2, -0.15) is 13.2 Å². The van der Waals surface area contributed by atoms with E-state index in [2.05, 4.69) is 10.5 Å². The second-order valence-electron chi connectivity index (χ2n) is 8.19. The zero-order chi connectivity index (χ0) is 26.3. The summed E-state index contributed by atoms with van der Waals surface area (Å²) in [4.78, 5) is 17.9. The second kappa shape index (κ2) is 10.2. The van der Waals surface area contributed by atoms with Crippen molar-refractivity contribution in [3.63, 3.8) is 0 Å². The molecule has 1 heterocycles. The van der Waals surface area contributed by atoms with E-state index in [4.69, 9.17) is 44.4 Å². The highest BCUT2D eigenvalue weighted by molar-refractivity contribution is 7.85. The van der Waals surface area contributed by atoms with E-state index in [1.807, 2.05) is 0 Å². The van der Waals surface area contributed by atoms with Crippen molar-refractivity contribution in [1.82, 2.24) is 5.32 Å². The number of oxime groups is 1. The van der Waals surface area contributed by atoms with E-state index in [0.717, 1.165) is 12.1 Å². The molecule has 0 bridgehead atoms. The highest BCUT2D eigenvalue weighted by atomic mass is 35.5. The van der Waals surface area contributed by atoms with Crippen LogP contribution >= 0.6 is 34.8 Å². The third-order valence-electron chi connectivity index (χ3n) is 5.81. The van der Waals surface area contributed by atoms with E-state index in [-0.39, 0.29) is 32.3 Å². The first-order chi connectivity index (χ1) is 16.9. The van der Waals surface area contributed by atoms with E-state index < -0.39 is 28.9 Å². The first kappa shape index (κ1) is 26.7. The van der Waals surface area contributed by atoms with Gasteiger partial charge in [0.2, 0.25) is 0 Å². The molecule has 1 amide bonds. The highest BCUT2D eigenvalue weighted by Gasteiger charge is 2.62. The van der Waals surface area contributed by atoms with Gasteiger partial charge in [0.1, 0.15) is 0 Å². The Labute approximate surface area is 222 Å². The molecule has 0 saturated carbocycles. The van der Waals surface area contributed by atoms with Crippen molar-refractivity contribution >= 4 is 67.9 Å². The number of hydrogen-bond acceptors (Lipinski definition) is 4.